The van der Waals surface area contributed by atoms with Crippen molar-refractivity contribution in [3.05, 3.63) is 78.1 Å². The van der Waals surface area contributed by atoms with Crippen molar-refractivity contribution >= 4 is 5.69 Å². The minimum Gasteiger partial charge on any atom is -0.487 e. The second-order valence-corrected chi connectivity index (χ2v) is 4.85. The molecule has 1 aromatic heterocycles. The Morgan fingerprint density at radius 1 is 1.00 bits per heavy atom. The number of benzene rings is 2. The van der Waals surface area contributed by atoms with Crippen molar-refractivity contribution in [1.29, 1.82) is 0 Å². The highest BCUT2D eigenvalue weighted by Gasteiger charge is 2.04. The summed E-state index contributed by atoms with van der Waals surface area (Å²) in [6.07, 6.45) is 3.70. The van der Waals surface area contributed by atoms with E-state index in [0.29, 0.717) is 24.6 Å². The number of rotatable bonds is 5. The van der Waals surface area contributed by atoms with Crippen LogP contribution in [0.25, 0.3) is 0 Å². The molecular weight excluding hydrogens is 262 g/mol. The second-order valence-electron chi connectivity index (χ2n) is 4.85. The van der Waals surface area contributed by atoms with Crippen molar-refractivity contribution in [3.63, 3.8) is 0 Å². The third kappa shape index (κ3) is 3.42. The Bertz CT molecular complexity index is 693. The maximum Gasteiger partial charge on any atom is 0.143 e. The van der Waals surface area contributed by atoms with Gasteiger partial charge in [0, 0.05) is 12.4 Å². The molecule has 4 heteroatoms. The van der Waals surface area contributed by atoms with E-state index in [9.17, 15) is 0 Å². The molecule has 3 aromatic rings. The van der Waals surface area contributed by atoms with Crippen molar-refractivity contribution in [2.75, 3.05) is 5.73 Å². The van der Waals surface area contributed by atoms with Gasteiger partial charge in [0.1, 0.15) is 12.4 Å². The van der Waals surface area contributed by atoms with Gasteiger partial charge in [-0.3, -0.25) is 4.68 Å². The molecule has 2 N–H and O–H groups in total. The molecule has 3 rings (SSSR count). The van der Waals surface area contributed by atoms with Gasteiger partial charge in [0.05, 0.1) is 12.2 Å². The first-order chi connectivity index (χ1) is 10.3. The van der Waals surface area contributed by atoms with E-state index >= 15 is 0 Å². The van der Waals surface area contributed by atoms with Crippen molar-refractivity contribution in [2.24, 2.45) is 0 Å². The molecule has 0 saturated heterocycles. The van der Waals surface area contributed by atoms with Gasteiger partial charge in [-0.15, -0.1) is 0 Å². The highest BCUT2D eigenvalue weighted by Crippen LogP contribution is 2.24. The predicted molar refractivity (Wildman–Crippen MR) is 83.0 cm³/mol. The molecule has 0 radical (unpaired) electrons. The first-order valence-electron chi connectivity index (χ1n) is 6.84. The van der Waals surface area contributed by atoms with Crippen LogP contribution in [0.15, 0.2) is 67.0 Å². The monoisotopic (exact) mass is 279 g/mol. The van der Waals surface area contributed by atoms with Crippen LogP contribution in [0.5, 0.6) is 5.75 Å². The Kier molecular flexibility index (Phi) is 3.87. The normalized spacial score (nSPS) is 10.5. The van der Waals surface area contributed by atoms with Crippen molar-refractivity contribution in [1.82, 2.24) is 9.78 Å². The number of nitrogens with two attached hydrogens (primary N) is 1. The quantitative estimate of drug-likeness (QED) is 0.730. The van der Waals surface area contributed by atoms with E-state index < -0.39 is 0 Å². The fourth-order valence-electron chi connectivity index (χ4n) is 2.12. The van der Waals surface area contributed by atoms with E-state index in [4.69, 9.17) is 10.5 Å². The maximum atomic E-state index is 5.98. The standard InChI is InChI=1S/C17H17N3O/c18-16-8-7-15(12-20-10-4-9-19-20)11-17(16)21-13-14-5-2-1-3-6-14/h1-11H,12-13,18H2. The highest BCUT2D eigenvalue weighted by molar-refractivity contribution is 5.54. The van der Waals surface area contributed by atoms with Gasteiger partial charge in [0.2, 0.25) is 0 Å². The van der Waals surface area contributed by atoms with Gasteiger partial charge in [0.15, 0.2) is 0 Å². The molecule has 4 nitrogen and oxygen atoms in total. The van der Waals surface area contributed by atoms with E-state index in [0.717, 1.165) is 11.1 Å². The lowest BCUT2D eigenvalue weighted by molar-refractivity contribution is 0.307. The molecule has 0 amide bonds. The van der Waals surface area contributed by atoms with Gasteiger partial charge < -0.3 is 10.5 Å². The molecule has 0 bridgehead atoms. The van der Waals surface area contributed by atoms with Crippen LogP contribution in [0.4, 0.5) is 5.69 Å². The lowest BCUT2D eigenvalue weighted by Crippen LogP contribution is -2.03. The summed E-state index contributed by atoms with van der Waals surface area (Å²) in [6, 6.07) is 17.8. The molecule has 106 valence electrons. The number of aromatic nitrogens is 2. The number of hydrogen-bond donors (Lipinski definition) is 1. The van der Waals surface area contributed by atoms with Crippen LogP contribution >= 0.6 is 0 Å². The number of anilines is 1. The Hall–Kier alpha value is -2.75. The van der Waals surface area contributed by atoms with Crippen LogP contribution in [-0.2, 0) is 13.2 Å². The molecule has 0 fully saturated rings. The van der Waals surface area contributed by atoms with Crippen molar-refractivity contribution in [2.45, 2.75) is 13.2 Å². The number of nitrogens with zero attached hydrogens (tertiary/aromatic N) is 2. The zero-order valence-electron chi connectivity index (χ0n) is 11.6. The Balaban J connectivity index is 1.72. The van der Waals surface area contributed by atoms with Gasteiger partial charge in [-0.1, -0.05) is 36.4 Å². The topological polar surface area (TPSA) is 53.1 Å². The fourth-order valence-corrected chi connectivity index (χ4v) is 2.12. The van der Waals surface area contributed by atoms with Crippen LogP contribution in [0.1, 0.15) is 11.1 Å². The van der Waals surface area contributed by atoms with E-state index in [1.807, 2.05) is 65.5 Å². The minimum absolute atomic E-state index is 0.510. The third-order valence-corrected chi connectivity index (χ3v) is 3.22. The molecule has 1 heterocycles. The van der Waals surface area contributed by atoms with E-state index in [-0.39, 0.29) is 0 Å². The highest BCUT2D eigenvalue weighted by atomic mass is 16.5. The molecule has 0 aliphatic carbocycles. The maximum absolute atomic E-state index is 5.98. The summed E-state index contributed by atoms with van der Waals surface area (Å²) >= 11 is 0. The van der Waals surface area contributed by atoms with Crippen LogP contribution in [0.3, 0.4) is 0 Å². The summed E-state index contributed by atoms with van der Waals surface area (Å²) in [5.74, 6) is 0.712. The van der Waals surface area contributed by atoms with Gasteiger partial charge in [-0.25, -0.2) is 0 Å². The molecule has 0 unspecified atom stereocenters. The molecule has 21 heavy (non-hydrogen) atoms. The molecule has 2 aromatic carbocycles. The SMILES string of the molecule is Nc1ccc(Cn2cccn2)cc1OCc1ccccc1. The lowest BCUT2D eigenvalue weighted by Gasteiger charge is -2.11. The molecule has 0 spiro atoms. The Morgan fingerprint density at radius 3 is 2.62 bits per heavy atom. The summed E-state index contributed by atoms with van der Waals surface area (Å²) in [4.78, 5) is 0. The molecule has 0 saturated carbocycles. The van der Waals surface area contributed by atoms with Gasteiger partial charge in [-0.2, -0.15) is 5.10 Å². The average molecular weight is 279 g/mol. The van der Waals surface area contributed by atoms with E-state index in [2.05, 4.69) is 5.10 Å². The number of nitrogen functional groups attached to an aromatic ring is 1. The van der Waals surface area contributed by atoms with Crippen LogP contribution in [0, 0.1) is 0 Å². The summed E-state index contributed by atoms with van der Waals surface area (Å²) in [5.41, 5.74) is 8.86. The largest absolute Gasteiger partial charge is 0.487 e. The van der Waals surface area contributed by atoms with Crippen molar-refractivity contribution < 1.29 is 4.74 Å². The minimum atomic E-state index is 0.510. The third-order valence-electron chi connectivity index (χ3n) is 3.22. The molecule has 0 atom stereocenters. The smallest absolute Gasteiger partial charge is 0.143 e. The van der Waals surface area contributed by atoms with Crippen molar-refractivity contribution in [3.8, 4) is 5.75 Å². The Morgan fingerprint density at radius 2 is 1.86 bits per heavy atom. The molecule has 0 aliphatic heterocycles. The summed E-state index contributed by atoms with van der Waals surface area (Å²) in [5, 5.41) is 4.20. The first-order valence-corrected chi connectivity index (χ1v) is 6.84. The van der Waals surface area contributed by atoms with E-state index in [1.165, 1.54) is 0 Å². The van der Waals surface area contributed by atoms with Crippen LogP contribution < -0.4 is 10.5 Å². The van der Waals surface area contributed by atoms with Gasteiger partial charge in [-0.05, 0) is 29.3 Å². The van der Waals surface area contributed by atoms with Gasteiger partial charge >= 0.3 is 0 Å². The second kappa shape index (κ2) is 6.13. The predicted octanol–water partition coefficient (Wildman–Crippen LogP) is 3.09. The number of ether oxygens (including phenoxy) is 1. The summed E-state index contributed by atoms with van der Waals surface area (Å²) in [6.45, 7) is 1.21. The number of hydrogen-bond acceptors (Lipinski definition) is 3. The Labute approximate surface area is 123 Å². The van der Waals surface area contributed by atoms with Crippen LogP contribution in [0.2, 0.25) is 0 Å². The van der Waals surface area contributed by atoms with Crippen LogP contribution in [-0.4, -0.2) is 9.78 Å². The fraction of sp³-hybridized carbons (Fsp3) is 0.118. The van der Waals surface area contributed by atoms with Gasteiger partial charge in [0.25, 0.3) is 0 Å². The molecular formula is C17H17N3O. The summed E-state index contributed by atoms with van der Waals surface area (Å²) in [7, 11) is 0. The molecule has 0 aliphatic rings. The lowest BCUT2D eigenvalue weighted by atomic mass is 10.2. The first kappa shape index (κ1) is 13.2. The zero-order chi connectivity index (χ0) is 14.5. The summed E-state index contributed by atoms with van der Waals surface area (Å²) < 4.78 is 7.70. The average Bonchev–Trinajstić information content (AvgIpc) is 3.02. The van der Waals surface area contributed by atoms with E-state index in [1.54, 1.807) is 6.20 Å². The zero-order valence-corrected chi connectivity index (χ0v) is 11.6.